The second-order valence-electron chi connectivity index (χ2n) is 9.69. The third-order valence-corrected chi connectivity index (χ3v) is 5.88. The Bertz CT molecular complexity index is 1590. The van der Waals surface area contributed by atoms with Gasteiger partial charge in [-0.15, -0.1) is 0 Å². The number of aliphatic imine (C=N–C) groups is 2. The van der Waals surface area contributed by atoms with Crippen LogP contribution >= 0.6 is 0 Å². The largest absolute Gasteiger partial charge is 0.505 e. The van der Waals surface area contributed by atoms with E-state index in [1.807, 2.05) is 19.0 Å². The molecule has 0 bridgehead atoms. The lowest BCUT2D eigenvalue weighted by molar-refractivity contribution is -0.386. The molecule has 0 unspecified atom stereocenters. The lowest BCUT2D eigenvalue weighted by Gasteiger charge is -2.16. The lowest BCUT2D eigenvalue weighted by atomic mass is 10.1. The highest BCUT2D eigenvalue weighted by Gasteiger charge is 2.22. The second kappa shape index (κ2) is 16.6. The highest BCUT2D eigenvalue weighted by atomic mass is 16.6. The minimum atomic E-state index is -0.734. The normalized spacial score (nSPS) is 10.8. The summed E-state index contributed by atoms with van der Waals surface area (Å²) in [6, 6.07) is 13.4. The van der Waals surface area contributed by atoms with Gasteiger partial charge in [-0.1, -0.05) is 18.2 Å². The van der Waals surface area contributed by atoms with E-state index in [0.717, 1.165) is 6.07 Å². The minimum Gasteiger partial charge on any atom is -0.505 e. The summed E-state index contributed by atoms with van der Waals surface area (Å²) >= 11 is 0. The summed E-state index contributed by atoms with van der Waals surface area (Å²) in [4.78, 5) is 44.1. The molecule has 0 saturated heterocycles. The summed E-state index contributed by atoms with van der Waals surface area (Å²) < 4.78 is 0. The van der Waals surface area contributed by atoms with Crippen LogP contribution in [-0.4, -0.2) is 114 Å². The molecule has 5 N–H and O–H groups in total. The Morgan fingerprint density at radius 1 is 0.644 bits per heavy atom. The number of aromatic hydroxyl groups is 3. The van der Waals surface area contributed by atoms with Crippen molar-refractivity contribution in [2.75, 3.05) is 62.1 Å². The number of nitrogens with two attached hydrogens (primary N) is 1. The van der Waals surface area contributed by atoms with Gasteiger partial charge in [0.15, 0.2) is 0 Å². The Hall–Kier alpha value is -5.93. The summed E-state index contributed by atoms with van der Waals surface area (Å²) in [6.07, 6.45) is 0. The van der Waals surface area contributed by atoms with Gasteiger partial charge in [-0.3, -0.25) is 35.0 Å². The molecule has 0 aliphatic rings. The number of carbonyl (C=O) groups is 1. The molecule has 0 fully saturated rings. The Morgan fingerprint density at radius 2 is 1.00 bits per heavy atom. The maximum absolute atomic E-state index is 11.5. The highest BCUT2D eigenvalue weighted by Crippen LogP contribution is 2.31. The topological polar surface area (TPSA) is 224 Å². The van der Waals surface area contributed by atoms with E-state index in [4.69, 9.17) is 5.73 Å². The van der Waals surface area contributed by atoms with E-state index in [1.54, 1.807) is 57.4 Å². The third kappa shape index (κ3) is 9.54. The van der Waals surface area contributed by atoms with E-state index >= 15 is 0 Å². The maximum atomic E-state index is 11.5. The zero-order valence-electron chi connectivity index (χ0n) is 26.3. The molecule has 0 saturated carbocycles. The van der Waals surface area contributed by atoms with Crippen LogP contribution in [0.1, 0.15) is 21.5 Å². The Morgan fingerprint density at radius 3 is 1.36 bits per heavy atom. The van der Waals surface area contributed by atoms with Gasteiger partial charge in [-0.2, -0.15) is 0 Å². The van der Waals surface area contributed by atoms with Crippen LogP contribution in [0.15, 0.2) is 64.6 Å². The molecule has 1 amide bonds. The number of phenols is 3. The van der Waals surface area contributed by atoms with Crippen molar-refractivity contribution >= 4 is 34.6 Å². The molecular weight excluding hydrogens is 588 g/mol. The van der Waals surface area contributed by atoms with Crippen molar-refractivity contribution in [2.45, 2.75) is 0 Å². The monoisotopic (exact) mass is 626 g/mol. The maximum Gasteiger partial charge on any atom is 0.311 e. The van der Waals surface area contributed by atoms with Crippen LogP contribution in [0, 0.1) is 20.2 Å². The molecule has 3 aromatic carbocycles. The Labute approximate surface area is 260 Å². The molecule has 45 heavy (non-hydrogen) atoms. The van der Waals surface area contributed by atoms with Gasteiger partial charge in [0.05, 0.1) is 32.2 Å². The number of anilines is 1. The van der Waals surface area contributed by atoms with E-state index in [9.17, 15) is 40.3 Å². The number of hydrogen-bond donors (Lipinski definition) is 4. The number of phenolic OH excluding ortho intramolecular Hbond substituents is 3. The first-order valence-electron chi connectivity index (χ1n) is 13.0. The average Bonchev–Trinajstić information content (AvgIpc) is 2.96. The number of para-hydroxylation sites is 3. The quantitative estimate of drug-likeness (QED) is 0.0803. The van der Waals surface area contributed by atoms with E-state index in [0.29, 0.717) is 28.5 Å². The molecule has 0 heterocycles. The van der Waals surface area contributed by atoms with Gasteiger partial charge in [0.1, 0.15) is 17.4 Å². The molecule has 0 radical (unpaired) electrons. The van der Waals surface area contributed by atoms with Gasteiger partial charge in [-0.25, -0.2) is 0 Å². The van der Waals surface area contributed by atoms with Crippen LogP contribution in [0.5, 0.6) is 17.2 Å². The first-order valence-corrected chi connectivity index (χ1v) is 13.0. The first kappa shape index (κ1) is 37.1. The average molecular weight is 627 g/mol. The fraction of sp³-hybridized carbons (Fsp3) is 0.276. The number of nitro groups is 2. The van der Waals surface area contributed by atoms with Crippen molar-refractivity contribution in [3.8, 4) is 17.2 Å². The highest BCUT2D eigenvalue weighted by molar-refractivity contribution is 6.02. The van der Waals surface area contributed by atoms with Gasteiger partial charge in [0, 0.05) is 68.5 Å². The molecule has 0 aromatic heterocycles. The molecule has 0 aliphatic carbocycles. The summed E-state index contributed by atoms with van der Waals surface area (Å²) in [6.45, 7) is 0. The number of benzene rings is 3. The van der Waals surface area contributed by atoms with Crippen molar-refractivity contribution in [3.63, 3.8) is 0 Å². The standard InChI is InChI=1S/C10H13N3O3.C10H15N3O.C9H10N2O4/c1-11-10(12(2)3)7-5-4-6-8(9(7)14)13(15)16;1-12-10(13(2)3)7-5-4-6-8(11)9(7)14;1-10(2)9(13)6-4-3-5-7(8(6)12)11(14)15/h4-6,14H,1-3H3;4-6,14H,11H2,1-3H3;3-5,12H,1-2H3. The van der Waals surface area contributed by atoms with Crippen LogP contribution in [0.25, 0.3) is 0 Å². The predicted molar refractivity (Wildman–Crippen MR) is 172 cm³/mol. The van der Waals surface area contributed by atoms with E-state index in [2.05, 4.69) is 9.98 Å². The van der Waals surface area contributed by atoms with Crippen molar-refractivity contribution in [3.05, 3.63) is 91.5 Å². The van der Waals surface area contributed by atoms with Crippen molar-refractivity contribution in [2.24, 2.45) is 9.98 Å². The molecule has 0 aliphatic heterocycles. The molecule has 16 nitrogen and oxygen atoms in total. The molecule has 0 spiro atoms. The summed E-state index contributed by atoms with van der Waals surface area (Å²) in [5.74, 6) is -0.156. The predicted octanol–water partition coefficient (Wildman–Crippen LogP) is 3.15. The van der Waals surface area contributed by atoms with Gasteiger partial charge in [0.25, 0.3) is 5.91 Å². The smallest absolute Gasteiger partial charge is 0.311 e. The molecule has 0 atom stereocenters. The third-order valence-electron chi connectivity index (χ3n) is 5.88. The molecule has 16 heteroatoms. The van der Waals surface area contributed by atoms with Gasteiger partial charge < -0.3 is 35.8 Å². The lowest BCUT2D eigenvalue weighted by Crippen LogP contribution is -2.23. The van der Waals surface area contributed by atoms with Crippen LogP contribution < -0.4 is 5.73 Å². The van der Waals surface area contributed by atoms with Crippen molar-refractivity contribution < 1.29 is 30.0 Å². The van der Waals surface area contributed by atoms with Gasteiger partial charge in [-0.05, 0) is 24.3 Å². The molecule has 242 valence electrons. The van der Waals surface area contributed by atoms with Crippen molar-refractivity contribution in [1.82, 2.24) is 14.7 Å². The van der Waals surface area contributed by atoms with Crippen LogP contribution in [0.3, 0.4) is 0 Å². The zero-order chi connectivity index (χ0) is 34.6. The van der Waals surface area contributed by atoms with Crippen LogP contribution in [0.4, 0.5) is 17.1 Å². The van der Waals surface area contributed by atoms with E-state index < -0.39 is 27.2 Å². The zero-order valence-corrected chi connectivity index (χ0v) is 26.3. The summed E-state index contributed by atoms with van der Waals surface area (Å²) in [5.41, 5.74) is 6.09. The number of nitrogens with zero attached hydrogens (tertiary/aromatic N) is 7. The summed E-state index contributed by atoms with van der Waals surface area (Å²) in [5, 5.41) is 50.1. The number of hydrogen-bond acceptors (Lipinski definition) is 11. The van der Waals surface area contributed by atoms with E-state index in [1.165, 1.54) is 43.3 Å². The van der Waals surface area contributed by atoms with Crippen molar-refractivity contribution in [1.29, 1.82) is 0 Å². The Kier molecular flexibility index (Phi) is 13.7. The van der Waals surface area contributed by atoms with Gasteiger partial charge >= 0.3 is 11.4 Å². The number of nitro benzene ring substituents is 2. The number of nitrogen functional groups attached to an aromatic ring is 1. The number of rotatable bonds is 5. The Balaban J connectivity index is 0.000000338. The molecular formula is C29H38N8O8. The fourth-order valence-electron chi connectivity index (χ4n) is 3.82. The van der Waals surface area contributed by atoms with Crippen LogP contribution in [0.2, 0.25) is 0 Å². The number of amidine groups is 2. The number of amides is 1. The second-order valence-corrected chi connectivity index (χ2v) is 9.69. The van der Waals surface area contributed by atoms with E-state index in [-0.39, 0.29) is 22.7 Å². The molecule has 3 aromatic rings. The minimum absolute atomic E-state index is 0.0748. The van der Waals surface area contributed by atoms with Crippen LogP contribution in [-0.2, 0) is 0 Å². The van der Waals surface area contributed by atoms with Gasteiger partial charge in [0.2, 0.25) is 11.5 Å². The summed E-state index contributed by atoms with van der Waals surface area (Å²) in [7, 11) is 13.5. The molecule has 3 rings (SSSR count). The number of carbonyl (C=O) groups excluding carboxylic acids is 1. The first-order chi connectivity index (χ1) is 21.0. The SMILES string of the molecule is CN(C)C(=O)c1cccc([N+](=O)[O-])c1O.CN=C(c1cccc(N)c1O)N(C)C.CN=C(c1cccc([N+](=O)[O-])c1O)N(C)C. The fourth-order valence-corrected chi connectivity index (χ4v) is 3.82.